The van der Waals surface area contributed by atoms with Crippen molar-refractivity contribution in [1.82, 2.24) is 4.98 Å². The van der Waals surface area contributed by atoms with E-state index in [1.807, 2.05) is 13.1 Å². The van der Waals surface area contributed by atoms with E-state index in [-0.39, 0.29) is 0 Å². The fraction of sp³-hybridized carbons (Fsp3) is 0.154. The lowest BCUT2D eigenvalue weighted by molar-refractivity contribution is 1.15. The fourth-order valence-corrected chi connectivity index (χ4v) is 2.12. The number of nitrogens with zero attached hydrogens (tertiary/aromatic N) is 1. The molecule has 0 fully saturated rings. The third-order valence-corrected chi connectivity index (χ3v) is 2.81. The summed E-state index contributed by atoms with van der Waals surface area (Å²) in [5.74, 6) is 0. The van der Waals surface area contributed by atoms with Gasteiger partial charge in [-0.25, -0.2) is 0 Å². The van der Waals surface area contributed by atoms with Gasteiger partial charge in [-0.15, -0.1) is 0 Å². The van der Waals surface area contributed by atoms with Gasteiger partial charge in [0.1, 0.15) is 0 Å². The lowest BCUT2D eigenvalue weighted by Gasteiger charge is -2.00. The van der Waals surface area contributed by atoms with Crippen LogP contribution in [0.15, 0.2) is 36.5 Å². The van der Waals surface area contributed by atoms with Gasteiger partial charge in [-0.2, -0.15) is 0 Å². The molecule has 0 radical (unpaired) electrons. The van der Waals surface area contributed by atoms with Crippen molar-refractivity contribution in [3.8, 4) is 11.1 Å². The van der Waals surface area contributed by atoms with Gasteiger partial charge < -0.3 is 0 Å². The summed E-state index contributed by atoms with van der Waals surface area (Å²) in [7, 11) is 0. The molecule has 1 aliphatic rings. The zero-order valence-corrected chi connectivity index (χ0v) is 8.12. The van der Waals surface area contributed by atoms with Crippen LogP contribution in [0.1, 0.15) is 16.8 Å². The Morgan fingerprint density at radius 3 is 2.86 bits per heavy atom. The maximum absolute atomic E-state index is 4.33. The van der Waals surface area contributed by atoms with E-state index in [1.165, 1.54) is 22.3 Å². The second-order valence-corrected chi connectivity index (χ2v) is 3.82. The van der Waals surface area contributed by atoms with Crippen LogP contribution in [0.3, 0.4) is 0 Å². The predicted molar refractivity (Wildman–Crippen MR) is 57.2 cm³/mol. The zero-order chi connectivity index (χ0) is 9.54. The van der Waals surface area contributed by atoms with Gasteiger partial charge in [0.05, 0.1) is 0 Å². The average molecular weight is 181 g/mol. The molecule has 1 heteroatoms. The van der Waals surface area contributed by atoms with Gasteiger partial charge in [0, 0.05) is 18.3 Å². The summed E-state index contributed by atoms with van der Waals surface area (Å²) in [6.07, 6.45) is 3.05. The zero-order valence-electron chi connectivity index (χ0n) is 8.12. The van der Waals surface area contributed by atoms with Crippen LogP contribution in [0.2, 0.25) is 0 Å². The van der Waals surface area contributed by atoms with Crippen molar-refractivity contribution in [2.24, 2.45) is 0 Å². The largest absolute Gasteiger partial charge is 0.261 e. The SMILES string of the molecule is Cc1cc2c(cn1)Cc1ccccc1-2. The highest BCUT2D eigenvalue weighted by atomic mass is 14.7. The molecule has 0 N–H and O–H groups in total. The Morgan fingerprint density at radius 1 is 1.07 bits per heavy atom. The number of aromatic nitrogens is 1. The summed E-state index contributed by atoms with van der Waals surface area (Å²) < 4.78 is 0. The standard InChI is InChI=1S/C13H11N/c1-9-6-13-11(8-14-9)7-10-4-2-3-5-12(10)13/h2-6,8H,7H2,1H3. The molecule has 0 saturated heterocycles. The van der Waals surface area contributed by atoms with Crippen molar-refractivity contribution in [3.05, 3.63) is 53.3 Å². The van der Waals surface area contributed by atoms with Gasteiger partial charge in [-0.3, -0.25) is 4.98 Å². The molecule has 68 valence electrons. The fourth-order valence-electron chi connectivity index (χ4n) is 2.12. The smallest absolute Gasteiger partial charge is 0.0379 e. The van der Waals surface area contributed by atoms with E-state index in [0.29, 0.717) is 0 Å². The molecule has 1 aliphatic carbocycles. The lowest BCUT2D eigenvalue weighted by Crippen LogP contribution is -1.85. The topological polar surface area (TPSA) is 12.9 Å². The molecule has 0 bridgehead atoms. The second-order valence-electron chi connectivity index (χ2n) is 3.82. The number of benzene rings is 1. The molecular formula is C13H11N. The van der Waals surface area contributed by atoms with Crippen molar-refractivity contribution in [1.29, 1.82) is 0 Å². The molecule has 0 spiro atoms. The third-order valence-electron chi connectivity index (χ3n) is 2.81. The Bertz CT molecular complexity index is 500. The van der Waals surface area contributed by atoms with Gasteiger partial charge in [-0.1, -0.05) is 24.3 Å². The molecule has 0 amide bonds. The molecule has 0 atom stereocenters. The molecule has 1 aromatic heterocycles. The van der Waals surface area contributed by atoms with E-state index in [4.69, 9.17) is 0 Å². The number of fused-ring (bicyclic) bond motifs is 3. The van der Waals surface area contributed by atoms with Crippen molar-refractivity contribution in [2.75, 3.05) is 0 Å². The normalized spacial score (nSPS) is 12.4. The highest BCUT2D eigenvalue weighted by molar-refractivity contribution is 5.76. The van der Waals surface area contributed by atoms with Crippen molar-refractivity contribution >= 4 is 0 Å². The maximum Gasteiger partial charge on any atom is 0.0379 e. The number of pyridine rings is 1. The minimum atomic E-state index is 1.04. The molecule has 2 aromatic rings. The van der Waals surface area contributed by atoms with Crippen LogP contribution in [0.5, 0.6) is 0 Å². The summed E-state index contributed by atoms with van der Waals surface area (Å²) in [6, 6.07) is 10.8. The molecule has 1 heterocycles. The van der Waals surface area contributed by atoms with E-state index >= 15 is 0 Å². The quantitative estimate of drug-likeness (QED) is 0.519. The van der Waals surface area contributed by atoms with Gasteiger partial charge in [0.25, 0.3) is 0 Å². The summed E-state index contributed by atoms with van der Waals surface area (Å²) in [5.41, 5.74) is 6.63. The molecular weight excluding hydrogens is 170 g/mol. The van der Waals surface area contributed by atoms with Gasteiger partial charge in [-0.05, 0) is 35.2 Å². The van der Waals surface area contributed by atoms with E-state index in [1.54, 1.807) is 0 Å². The van der Waals surface area contributed by atoms with E-state index in [0.717, 1.165) is 12.1 Å². The first-order valence-electron chi connectivity index (χ1n) is 4.88. The highest BCUT2D eigenvalue weighted by Crippen LogP contribution is 2.35. The Kier molecular flexibility index (Phi) is 1.48. The third kappa shape index (κ3) is 0.987. The highest BCUT2D eigenvalue weighted by Gasteiger charge is 2.17. The molecule has 14 heavy (non-hydrogen) atoms. The Hall–Kier alpha value is -1.63. The lowest BCUT2D eigenvalue weighted by atomic mass is 10.1. The molecule has 0 aliphatic heterocycles. The second kappa shape index (κ2) is 2.68. The van der Waals surface area contributed by atoms with Crippen LogP contribution >= 0.6 is 0 Å². The van der Waals surface area contributed by atoms with Crippen molar-refractivity contribution in [3.63, 3.8) is 0 Å². The average Bonchev–Trinajstić information content (AvgIpc) is 2.56. The van der Waals surface area contributed by atoms with Gasteiger partial charge in [0.2, 0.25) is 0 Å². The summed E-state index contributed by atoms with van der Waals surface area (Å²) in [6.45, 7) is 2.04. The van der Waals surface area contributed by atoms with Crippen LogP contribution in [-0.2, 0) is 6.42 Å². The van der Waals surface area contributed by atoms with Crippen molar-refractivity contribution < 1.29 is 0 Å². The minimum Gasteiger partial charge on any atom is -0.261 e. The van der Waals surface area contributed by atoms with Crippen LogP contribution < -0.4 is 0 Å². The number of hydrogen-bond acceptors (Lipinski definition) is 1. The van der Waals surface area contributed by atoms with Crippen LogP contribution in [0.4, 0.5) is 0 Å². The number of aryl methyl sites for hydroxylation is 1. The first-order chi connectivity index (χ1) is 6.84. The molecule has 0 saturated carbocycles. The van der Waals surface area contributed by atoms with Crippen molar-refractivity contribution in [2.45, 2.75) is 13.3 Å². The first kappa shape index (κ1) is 7.74. The van der Waals surface area contributed by atoms with E-state index in [9.17, 15) is 0 Å². The molecule has 3 rings (SSSR count). The Labute approximate surface area is 83.4 Å². The van der Waals surface area contributed by atoms with E-state index in [2.05, 4.69) is 35.3 Å². The Balaban J connectivity index is 2.30. The molecule has 1 nitrogen and oxygen atoms in total. The monoisotopic (exact) mass is 181 g/mol. The van der Waals surface area contributed by atoms with E-state index < -0.39 is 0 Å². The minimum absolute atomic E-state index is 1.04. The Morgan fingerprint density at radius 2 is 1.93 bits per heavy atom. The maximum atomic E-state index is 4.33. The summed E-state index contributed by atoms with van der Waals surface area (Å²) in [4.78, 5) is 4.33. The predicted octanol–water partition coefficient (Wildman–Crippen LogP) is 2.96. The van der Waals surface area contributed by atoms with Gasteiger partial charge in [0.15, 0.2) is 0 Å². The van der Waals surface area contributed by atoms with Gasteiger partial charge >= 0.3 is 0 Å². The molecule has 0 unspecified atom stereocenters. The summed E-state index contributed by atoms with van der Waals surface area (Å²) in [5, 5.41) is 0. The van der Waals surface area contributed by atoms with Crippen LogP contribution in [0, 0.1) is 6.92 Å². The van der Waals surface area contributed by atoms with Crippen LogP contribution in [0.25, 0.3) is 11.1 Å². The first-order valence-corrected chi connectivity index (χ1v) is 4.88. The van der Waals surface area contributed by atoms with Crippen LogP contribution in [-0.4, -0.2) is 4.98 Å². The number of hydrogen-bond donors (Lipinski definition) is 0. The summed E-state index contributed by atoms with van der Waals surface area (Å²) >= 11 is 0. The number of rotatable bonds is 0. The molecule has 1 aromatic carbocycles.